The van der Waals surface area contributed by atoms with Crippen LogP contribution in [-0.2, 0) is 25.2 Å². The van der Waals surface area contributed by atoms with Gasteiger partial charge in [-0.15, -0.1) is 0 Å². The smallest absolute Gasteiger partial charge is 0.416 e. The molecule has 0 spiro atoms. The number of rotatable bonds is 13. The number of amides is 1. The third kappa shape index (κ3) is 8.29. The van der Waals surface area contributed by atoms with Gasteiger partial charge in [0, 0.05) is 25.1 Å². The molecule has 2 aromatic carbocycles. The van der Waals surface area contributed by atoms with Crippen LogP contribution in [0.25, 0.3) is 0 Å². The number of nitrogens with zero attached hydrogens (tertiary/aromatic N) is 1. The molecule has 0 radical (unpaired) electrons. The Bertz CT molecular complexity index is 1370. The minimum atomic E-state index is -4.48. The lowest BCUT2D eigenvalue weighted by atomic mass is 9.86. The highest BCUT2D eigenvalue weighted by Crippen LogP contribution is 2.34. The number of aldehydes is 1. The third-order valence-corrected chi connectivity index (χ3v) is 6.30. The lowest BCUT2D eigenvalue weighted by molar-refractivity contribution is -0.147. The first-order valence-electron chi connectivity index (χ1n) is 12.8. The van der Waals surface area contributed by atoms with E-state index in [0.29, 0.717) is 11.8 Å². The molecule has 1 heterocycles. The molecule has 1 aromatic heterocycles. The van der Waals surface area contributed by atoms with Crippen LogP contribution in [0.15, 0.2) is 66.9 Å². The third-order valence-electron chi connectivity index (χ3n) is 6.30. The molecule has 1 amide bonds. The summed E-state index contributed by atoms with van der Waals surface area (Å²) >= 11 is 0. The fourth-order valence-corrected chi connectivity index (χ4v) is 4.16. The number of carbonyl (C=O) groups is 3. The van der Waals surface area contributed by atoms with Crippen LogP contribution >= 0.6 is 0 Å². The number of methoxy groups -OCH3 is 1. The minimum absolute atomic E-state index is 0.104. The van der Waals surface area contributed by atoms with E-state index in [1.807, 2.05) is 18.2 Å². The number of nitrogens with one attached hydrogen (secondary N) is 1. The fourth-order valence-electron chi connectivity index (χ4n) is 4.16. The molecular weight excluding hydrogens is 557 g/mol. The molecule has 0 aliphatic carbocycles. The lowest BCUT2D eigenvalue weighted by Crippen LogP contribution is -2.52. The van der Waals surface area contributed by atoms with Crippen LogP contribution in [-0.4, -0.2) is 55.3 Å². The molecule has 1 N–H and O–H groups in total. The van der Waals surface area contributed by atoms with Gasteiger partial charge < -0.3 is 29.1 Å². The predicted molar refractivity (Wildman–Crippen MR) is 145 cm³/mol. The van der Waals surface area contributed by atoms with Crippen LogP contribution in [0.2, 0.25) is 0 Å². The number of carbonyl (C=O) groups excluding carboxylic acids is 3. The van der Waals surface area contributed by atoms with Gasteiger partial charge in [-0.05, 0) is 37.1 Å². The van der Waals surface area contributed by atoms with Crippen molar-refractivity contribution in [2.75, 3.05) is 20.5 Å². The van der Waals surface area contributed by atoms with Crippen LogP contribution in [0.5, 0.6) is 11.5 Å². The molecule has 0 aliphatic heterocycles. The number of esters is 1. The average Bonchev–Trinajstić information content (AvgIpc) is 2.96. The highest BCUT2D eigenvalue weighted by Gasteiger charge is 2.33. The van der Waals surface area contributed by atoms with E-state index in [4.69, 9.17) is 18.9 Å². The van der Waals surface area contributed by atoms with Gasteiger partial charge in [-0.2, -0.15) is 13.2 Å². The van der Waals surface area contributed by atoms with Gasteiger partial charge >= 0.3 is 12.1 Å². The number of halogens is 3. The molecule has 9 nitrogen and oxygen atoms in total. The molecule has 0 bridgehead atoms. The van der Waals surface area contributed by atoms with Gasteiger partial charge in [0.25, 0.3) is 5.91 Å². The molecule has 0 saturated carbocycles. The molecule has 0 fully saturated rings. The van der Waals surface area contributed by atoms with Crippen molar-refractivity contribution in [3.8, 4) is 11.5 Å². The zero-order chi connectivity index (χ0) is 30.9. The number of hydrogen-bond donors (Lipinski definition) is 1. The first-order valence-corrected chi connectivity index (χ1v) is 12.8. The van der Waals surface area contributed by atoms with Gasteiger partial charge in [0.15, 0.2) is 17.2 Å². The molecule has 0 saturated heterocycles. The molecule has 224 valence electrons. The highest BCUT2D eigenvalue weighted by atomic mass is 19.4. The van der Waals surface area contributed by atoms with Gasteiger partial charge in [0.2, 0.25) is 6.79 Å². The number of benzene rings is 2. The molecule has 12 heteroatoms. The maximum absolute atomic E-state index is 13.2. The summed E-state index contributed by atoms with van der Waals surface area (Å²) < 4.78 is 60.9. The Morgan fingerprint density at radius 3 is 2.24 bits per heavy atom. The van der Waals surface area contributed by atoms with Crippen molar-refractivity contribution in [2.45, 2.75) is 44.5 Å². The molecule has 3 rings (SSSR count). The SMILES string of the molecule is COc1ccnc(C(=O)N[C@](C)(C=O)CO[C@@H](C)[C@@H](c2ccccc2)c2ccc(C(F)(F)F)cc2)c1OCOC(C)=O. The Morgan fingerprint density at radius 2 is 1.67 bits per heavy atom. The van der Waals surface area contributed by atoms with Crippen LogP contribution < -0.4 is 14.8 Å². The average molecular weight is 589 g/mol. The summed E-state index contributed by atoms with van der Waals surface area (Å²) in [5.74, 6) is -1.84. The number of ether oxygens (including phenoxy) is 4. The van der Waals surface area contributed by atoms with E-state index in [2.05, 4.69) is 10.3 Å². The van der Waals surface area contributed by atoms with E-state index < -0.39 is 48.0 Å². The van der Waals surface area contributed by atoms with Crippen LogP contribution in [0, 0.1) is 0 Å². The predicted octanol–water partition coefficient (Wildman–Crippen LogP) is 4.93. The van der Waals surface area contributed by atoms with E-state index in [1.54, 1.807) is 19.1 Å². The maximum Gasteiger partial charge on any atom is 0.416 e. The Kier molecular flexibility index (Phi) is 10.6. The number of pyridine rings is 1. The Balaban J connectivity index is 1.81. The van der Waals surface area contributed by atoms with Gasteiger partial charge in [-0.25, -0.2) is 4.98 Å². The minimum Gasteiger partial charge on any atom is -0.493 e. The van der Waals surface area contributed by atoms with Crippen LogP contribution in [0.1, 0.15) is 53.9 Å². The monoisotopic (exact) mass is 588 g/mol. The normalized spacial score (nSPS) is 14.2. The van der Waals surface area contributed by atoms with E-state index in [1.165, 1.54) is 45.4 Å². The summed E-state index contributed by atoms with van der Waals surface area (Å²) in [5.41, 5.74) is -1.17. The Labute approximate surface area is 240 Å². The second kappa shape index (κ2) is 13.9. The van der Waals surface area contributed by atoms with Crippen molar-refractivity contribution in [2.24, 2.45) is 0 Å². The maximum atomic E-state index is 13.2. The van der Waals surface area contributed by atoms with Gasteiger partial charge in [-0.3, -0.25) is 9.59 Å². The second-order valence-corrected chi connectivity index (χ2v) is 9.60. The standard InChI is InChI=1S/C30H31F3N2O7/c1-19(25(21-8-6-5-7-9-21)22-10-12-23(13-11-22)30(31,32)33)40-17-29(3,16-36)35-28(38)26-27(42-18-41-20(2)37)24(39-4)14-15-34-26/h5-16,19,25H,17-18H2,1-4H3,(H,35,38)/t19-,25-,29+/m0/s1. The topological polar surface area (TPSA) is 113 Å². The fraction of sp³-hybridized carbons (Fsp3) is 0.333. The number of aromatic nitrogens is 1. The molecular formula is C30H31F3N2O7. The molecule has 42 heavy (non-hydrogen) atoms. The lowest BCUT2D eigenvalue weighted by Gasteiger charge is -2.30. The molecule has 3 atom stereocenters. The molecule has 0 unspecified atom stereocenters. The summed E-state index contributed by atoms with van der Waals surface area (Å²) in [7, 11) is 1.35. The molecule has 3 aromatic rings. The van der Waals surface area contributed by atoms with Crippen molar-refractivity contribution in [1.29, 1.82) is 0 Å². The van der Waals surface area contributed by atoms with Crippen molar-refractivity contribution in [3.63, 3.8) is 0 Å². The summed E-state index contributed by atoms with van der Waals surface area (Å²) in [6, 6.07) is 15.3. The van der Waals surface area contributed by atoms with E-state index >= 15 is 0 Å². The van der Waals surface area contributed by atoms with E-state index in [0.717, 1.165) is 17.7 Å². The second-order valence-electron chi connectivity index (χ2n) is 9.60. The summed E-state index contributed by atoms with van der Waals surface area (Å²) in [4.78, 5) is 40.5. The van der Waals surface area contributed by atoms with E-state index in [9.17, 15) is 27.6 Å². The first kappa shape index (κ1) is 32.1. The van der Waals surface area contributed by atoms with Crippen molar-refractivity contribution in [1.82, 2.24) is 10.3 Å². The summed E-state index contributed by atoms with van der Waals surface area (Å²) in [6.07, 6.45) is -3.29. The largest absolute Gasteiger partial charge is 0.493 e. The first-order chi connectivity index (χ1) is 19.9. The van der Waals surface area contributed by atoms with Crippen LogP contribution in [0.3, 0.4) is 0 Å². The zero-order valence-corrected chi connectivity index (χ0v) is 23.4. The summed E-state index contributed by atoms with van der Waals surface area (Å²) in [5, 5.41) is 2.59. The van der Waals surface area contributed by atoms with Gasteiger partial charge in [0.05, 0.1) is 25.4 Å². The van der Waals surface area contributed by atoms with Crippen LogP contribution in [0.4, 0.5) is 13.2 Å². The Morgan fingerprint density at radius 1 is 1.02 bits per heavy atom. The van der Waals surface area contributed by atoms with Gasteiger partial charge in [-0.1, -0.05) is 42.5 Å². The molecule has 0 aliphatic rings. The quantitative estimate of drug-likeness (QED) is 0.170. The Hall–Kier alpha value is -4.45. The zero-order valence-electron chi connectivity index (χ0n) is 23.4. The summed E-state index contributed by atoms with van der Waals surface area (Å²) in [6.45, 7) is 3.58. The highest BCUT2D eigenvalue weighted by molar-refractivity contribution is 5.97. The van der Waals surface area contributed by atoms with E-state index in [-0.39, 0.29) is 23.8 Å². The van der Waals surface area contributed by atoms with Crippen molar-refractivity contribution in [3.05, 3.63) is 89.2 Å². The number of alkyl halides is 3. The van der Waals surface area contributed by atoms with Crippen molar-refractivity contribution < 1.29 is 46.5 Å². The van der Waals surface area contributed by atoms with Gasteiger partial charge in [0.1, 0.15) is 11.8 Å². The van der Waals surface area contributed by atoms with Crippen molar-refractivity contribution >= 4 is 18.2 Å². The number of hydrogen-bond acceptors (Lipinski definition) is 8.